The molecule has 0 unspecified atom stereocenters. The highest BCUT2D eigenvalue weighted by Gasteiger charge is 2.14. The minimum Gasteiger partial charge on any atom is -0.494 e. The van der Waals surface area contributed by atoms with Crippen molar-refractivity contribution in [3.8, 4) is 5.75 Å². The van der Waals surface area contributed by atoms with Crippen molar-refractivity contribution in [1.29, 1.82) is 0 Å². The van der Waals surface area contributed by atoms with Crippen molar-refractivity contribution in [2.24, 2.45) is 16.5 Å². The Kier molecular flexibility index (Phi) is 5.49. The molecule has 0 radical (unpaired) electrons. The smallest absolute Gasteiger partial charge is 0.339 e. The van der Waals surface area contributed by atoms with E-state index in [-0.39, 0.29) is 5.84 Å². The number of rotatable bonds is 7. The second-order valence-corrected chi connectivity index (χ2v) is 6.24. The molecule has 1 fully saturated rings. The van der Waals surface area contributed by atoms with Gasteiger partial charge in [0.15, 0.2) is 0 Å². The van der Waals surface area contributed by atoms with Crippen LogP contribution in [0, 0.1) is 0 Å². The Balaban J connectivity index is 1.53. The highest BCUT2D eigenvalue weighted by Crippen LogP contribution is 2.20. The fourth-order valence-electron chi connectivity index (χ4n) is 3.00. The molecule has 2 amide bonds. The highest BCUT2D eigenvalue weighted by atomic mass is 16.5. The van der Waals surface area contributed by atoms with Crippen LogP contribution in [-0.4, -0.2) is 46.4 Å². The van der Waals surface area contributed by atoms with Crippen LogP contribution in [0.15, 0.2) is 23.2 Å². The summed E-state index contributed by atoms with van der Waals surface area (Å²) in [4.78, 5) is 24.5. The maximum Gasteiger partial charge on any atom is 0.339 e. The monoisotopic (exact) mass is 344 g/mol. The molecule has 1 saturated heterocycles. The van der Waals surface area contributed by atoms with Crippen LogP contribution in [0.1, 0.15) is 31.5 Å². The second kappa shape index (κ2) is 7.98. The number of fused-ring (bicyclic) bond motifs is 1. The summed E-state index contributed by atoms with van der Waals surface area (Å²) in [5.74, 6) is 1.99. The molecule has 8 heteroatoms. The van der Waals surface area contributed by atoms with E-state index in [0.29, 0.717) is 19.4 Å². The fraction of sp³-hybridized carbons (Fsp3) is 0.471. The van der Waals surface area contributed by atoms with Crippen molar-refractivity contribution in [3.05, 3.63) is 24.0 Å². The molecule has 8 nitrogen and oxygen atoms in total. The maximum absolute atomic E-state index is 10.6. The molecule has 0 bridgehead atoms. The van der Waals surface area contributed by atoms with Gasteiger partial charge in [-0.05, 0) is 44.5 Å². The third-order valence-corrected chi connectivity index (χ3v) is 4.17. The second-order valence-electron chi connectivity index (χ2n) is 6.24. The van der Waals surface area contributed by atoms with Crippen LogP contribution in [0.5, 0.6) is 5.75 Å². The molecule has 1 aromatic heterocycles. The lowest BCUT2D eigenvalue weighted by atomic mass is 10.3. The first kappa shape index (κ1) is 17.2. The number of nitrogens with one attached hydrogen (secondary N) is 1. The van der Waals surface area contributed by atoms with E-state index in [1.807, 2.05) is 18.2 Å². The number of nitrogens with zero attached hydrogens (tertiary/aromatic N) is 3. The van der Waals surface area contributed by atoms with E-state index in [9.17, 15) is 4.79 Å². The summed E-state index contributed by atoms with van der Waals surface area (Å²) in [7, 11) is 0. The Bertz CT molecular complexity index is 764. The number of hydrogen-bond acceptors (Lipinski definition) is 4. The number of nitrogens with two attached hydrogens (primary N) is 2. The van der Waals surface area contributed by atoms with Crippen LogP contribution < -0.4 is 16.2 Å². The Morgan fingerprint density at radius 1 is 1.32 bits per heavy atom. The largest absolute Gasteiger partial charge is 0.494 e. The number of H-pyrrole nitrogens is 1. The van der Waals surface area contributed by atoms with Crippen LogP contribution in [0.25, 0.3) is 11.0 Å². The molecular formula is C17H24N6O2. The number of benzene rings is 1. The molecule has 25 heavy (non-hydrogen) atoms. The van der Waals surface area contributed by atoms with E-state index < -0.39 is 6.03 Å². The van der Waals surface area contributed by atoms with Gasteiger partial charge in [-0.25, -0.2) is 9.78 Å². The van der Waals surface area contributed by atoms with Crippen molar-refractivity contribution in [3.63, 3.8) is 0 Å². The Morgan fingerprint density at radius 3 is 2.88 bits per heavy atom. The lowest BCUT2D eigenvalue weighted by Gasteiger charge is -2.11. The van der Waals surface area contributed by atoms with Crippen molar-refractivity contribution < 1.29 is 9.53 Å². The summed E-state index contributed by atoms with van der Waals surface area (Å²) in [6.07, 6.45) is 3.67. The number of hydrogen-bond donors (Lipinski definition) is 3. The minimum atomic E-state index is -0.771. The van der Waals surface area contributed by atoms with Crippen molar-refractivity contribution >= 4 is 22.9 Å². The van der Waals surface area contributed by atoms with Gasteiger partial charge in [0.05, 0.1) is 24.2 Å². The number of amides is 2. The molecule has 1 aliphatic heterocycles. The van der Waals surface area contributed by atoms with E-state index in [0.717, 1.165) is 42.2 Å². The summed E-state index contributed by atoms with van der Waals surface area (Å²) in [6, 6.07) is 5.05. The zero-order valence-corrected chi connectivity index (χ0v) is 14.2. The highest BCUT2D eigenvalue weighted by molar-refractivity contribution is 5.91. The number of aromatic nitrogens is 2. The zero-order valence-electron chi connectivity index (χ0n) is 14.2. The third kappa shape index (κ3) is 4.93. The average molecular weight is 344 g/mol. The molecule has 2 aromatic rings. The predicted octanol–water partition coefficient (Wildman–Crippen LogP) is 1.75. The Hall–Kier alpha value is -2.61. The number of imidazole rings is 1. The Morgan fingerprint density at radius 2 is 2.12 bits per heavy atom. The van der Waals surface area contributed by atoms with E-state index in [2.05, 4.69) is 19.9 Å². The van der Waals surface area contributed by atoms with Crippen LogP contribution in [0.3, 0.4) is 0 Å². The molecule has 0 spiro atoms. The van der Waals surface area contributed by atoms with Gasteiger partial charge in [0, 0.05) is 12.5 Å². The number of aliphatic imine (C=N–C) groups is 1. The summed E-state index contributed by atoms with van der Waals surface area (Å²) < 4.78 is 5.73. The van der Waals surface area contributed by atoms with Gasteiger partial charge in [-0.3, -0.25) is 4.90 Å². The fourth-order valence-corrected chi connectivity index (χ4v) is 3.00. The van der Waals surface area contributed by atoms with Crippen molar-refractivity contribution in [1.82, 2.24) is 14.9 Å². The molecule has 0 aliphatic carbocycles. The first-order chi connectivity index (χ1) is 12.1. The van der Waals surface area contributed by atoms with Crippen LogP contribution in [0.4, 0.5) is 4.79 Å². The van der Waals surface area contributed by atoms with E-state index in [1.165, 1.54) is 12.8 Å². The van der Waals surface area contributed by atoms with Crippen molar-refractivity contribution in [2.75, 3.05) is 19.7 Å². The van der Waals surface area contributed by atoms with Crippen LogP contribution >= 0.6 is 0 Å². The first-order valence-corrected chi connectivity index (χ1v) is 8.56. The lowest BCUT2D eigenvalue weighted by Crippen LogP contribution is -2.19. The van der Waals surface area contributed by atoms with Gasteiger partial charge in [-0.2, -0.15) is 4.99 Å². The van der Waals surface area contributed by atoms with E-state index in [1.54, 1.807) is 0 Å². The van der Waals surface area contributed by atoms with Gasteiger partial charge in [0.25, 0.3) is 0 Å². The molecule has 2 heterocycles. The number of ether oxygens (including phenoxy) is 1. The molecule has 0 atom stereocenters. The van der Waals surface area contributed by atoms with Crippen LogP contribution in [0.2, 0.25) is 0 Å². The summed E-state index contributed by atoms with van der Waals surface area (Å²) >= 11 is 0. The molecule has 5 N–H and O–H groups in total. The van der Waals surface area contributed by atoms with Gasteiger partial charge in [0.1, 0.15) is 17.4 Å². The molecule has 0 saturated carbocycles. The number of urea groups is 1. The molecule has 1 aliphatic rings. The number of primary amides is 1. The summed E-state index contributed by atoms with van der Waals surface area (Å²) in [6.45, 7) is 3.64. The van der Waals surface area contributed by atoms with E-state index in [4.69, 9.17) is 16.2 Å². The van der Waals surface area contributed by atoms with Gasteiger partial charge >= 0.3 is 6.03 Å². The van der Waals surface area contributed by atoms with Crippen molar-refractivity contribution in [2.45, 2.75) is 32.2 Å². The third-order valence-electron chi connectivity index (χ3n) is 4.17. The SMILES string of the molecule is NC(=O)N=C(N)CCCOc1ccc2nc(CN3CCCC3)[nH]c2c1. The van der Waals surface area contributed by atoms with Gasteiger partial charge in [0.2, 0.25) is 0 Å². The Labute approximate surface area is 146 Å². The normalized spacial score (nSPS) is 15.8. The summed E-state index contributed by atoms with van der Waals surface area (Å²) in [5.41, 5.74) is 12.4. The maximum atomic E-state index is 10.6. The minimum absolute atomic E-state index is 0.228. The zero-order chi connectivity index (χ0) is 17.6. The standard InChI is InChI=1S/C17H24N6O2/c18-15(22-17(19)24)4-3-9-25-12-5-6-13-14(10-12)21-16(20-13)11-23-7-1-2-8-23/h5-6,10H,1-4,7-9,11H2,(H,20,21)(H4,18,19,22,24). The van der Waals surface area contributed by atoms with Gasteiger partial charge in [-0.15, -0.1) is 0 Å². The van der Waals surface area contributed by atoms with E-state index >= 15 is 0 Å². The lowest BCUT2D eigenvalue weighted by molar-refractivity contribution is 0.256. The topological polar surface area (TPSA) is 123 Å². The van der Waals surface area contributed by atoms with Gasteiger partial charge in [-0.1, -0.05) is 0 Å². The molecule has 3 rings (SSSR count). The molecular weight excluding hydrogens is 320 g/mol. The molecule has 1 aromatic carbocycles. The van der Waals surface area contributed by atoms with Gasteiger partial charge < -0.3 is 21.2 Å². The number of carbonyl (C=O) groups is 1. The average Bonchev–Trinajstić information content (AvgIpc) is 3.19. The number of aromatic amines is 1. The van der Waals surface area contributed by atoms with Crippen LogP contribution in [-0.2, 0) is 6.54 Å². The first-order valence-electron chi connectivity index (χ1n) is 8.56. The number of amidine groups is 1. The number of carbonyl (C=O) groups excluding carboxylic acids is 1. The number of likely N-dealkylation sites (tertiary alicyclic amines) is 1. The predicted molar refractivity (Wildman–Crippen MR) is 96.5 cm³/mol. The quantitative estimate of drug-likeness (QED) is 0.401. The summed E-state index contributed by atoms with van der Waals surface area (Å²) in [5, 5.41) is 0. The molecule has 134 valence electrons.